The van der Waals surface area contributed by atoms with Gasteiger partial charge in [-0.15, -0.1) is 0 Å². The third kappa shape index (κ3) is 3.11. The van der Waals surface area contributed by atoms with E-state index in [9.17, 15) is 10.0 Å². The van der Waals surface area contributed by atoms with Crippen molar-refractivity contribution >= 4 is 6.03 Å². The van der Waals surface area contributed by atoms with Crippen LogP contribution in [0.4, 0.5) is 4.79 Å². The predicted octanol–water partition coefficient (Wildman–Crippen LogP) is 2.65. The number of allylic oxidation sites excluding steroid dienone is 1. The number of hydrogen-bond acceptors (Lipinski definition) is 2. The van der Waals surface area contributed by atoms with Gasteiger partial charge in [0.1, 0.15) is 0 Å². The molecule has 3 N–H and O–H groups in total. The molecule has 0 aliphatic heterocycles. The van der Waals surface area contributed by atoms with Crippen molar-refractivity contribution in [1.29, 1.82) is 0 Å². The van der Waals surface area contributed by atoms with Crippen LogP contribution in [0.2, 0.25) is 0 Å². The molecule has 1 aromatic rings. The monoisotopic (exact) mass is 246 g/mol. The molecule has 1 aliphatic carbocycles. The number of carbonyl (C=O) groups excluding carboxylic acids is 1. The molecule has 18 heavy (non-hydrogen) atoms. The quantitative estimate of drug-likeness (QED) is 0.489. The van der Waals surface area contributed by atoms with E-state index in [1.807, 2.05) is 6.07 Å². The molecule has 1 aliphatic rings. The molecule has 0 aromatic heterocycles. The Morgan fingerprint density at radius 3 is 2.67 bits per heavy atom. The molecule has 0 heterocycles. The van der Waals surface area contributed by atoms with Gasteiger partial charge in [0.25, 0.3) is 0 Å². The van der Waals surface area contributed by atoms with Crippen LogP contribution in [-0.2, 0) is 0 Å². The smallest absolute Gasteiger partial charge is 0.338 e. The average molecular weight is 246 g/mol. The van der Waals surface area contributed by atoms with Crippen LogP contribution < -0.4 is 5.73 Å². The van der Waals surface area contributed by atoms with E-state index in [0.717, 1.165) is 24.8 Å². The Balaban J connectivity index is 1.94. The van der Waals surface area contributed by atoms with Crippen molar-refractivity contribution in [2.24, 2.45) is 5.73 Å². The summed E-state index contributed by atoms with van der Waals surface area (Å²) in [5, 5.41) is 9.84. The van der Waals surface area contributed by atoms with E-state index >= 15 is 0 Å². The Kier molecular flexibility index (Phi) is 3.99. The molecular weight excluding hydrogens is 228 g/mol. The topological polar surface area (TPSA) is 66.6 Å². The summed E-state index contributed by atoms with van der Waals surface area (Å²) >= 11 is 0. The molecule has 2 amide bonds. The summed E-state index contributed by atoms with van der Waals surface area (Å²) in [5.41, 5.74) is 7.40. The average Bonchev–Trinajstić information content (AvgIpc) is 2.40. The SMILES string of the molecule is NC(=O)N(O)CC1=CCC(c2ccccc2)CC1. The van der Waals surface area contributed by atoms with Crippen molar-refractivity contribution < 1.29 is 10.0 Å². The van der Waals surface area contributed by atoms with E-state index in [1.165, 1.54) is 5.56 Å². The summed E-state index contributed by atoms with van der Waals surface area (Å²) in [6, 6.07) is 9.61. The van der Waals surface area contributed by atoms with E-state index < -0.39 is 6.03 Å². The zero-order valence-electron chi connectivity index (χ0n) is 10.2. The molecule has 0 radical (unpaired) electrons. The molecule has 1 unspecified atom stereocenters. The first-order valence-electron chi connectivity index (χ1n) is 6.15. The van der Waals surface area contributed by atoms with Gasteiger partial charge in [-0.1, -0.05) is 42.0 Å². The second-order valence-corrected chi connectivity index (χ2v) is 4.64. The second-order valence-electron chi connectivity index (χ2n) is 4.64. The number of rotatable bonds is 3. The summed E-state index contributed by atoms with van der Waals surface area (Å²) < 4.78 is 0. The summed E-state index contributed by atoms with van der Waals surface area (Å²) in [6.07, 6.45) is 4.99. The molecular formula is C14H18N2O2. The zero-order valence-corrected chi connectivity index (χ0v) is 10.2. The van der Waals surface area contributed by atoms with Gasteiger partial charge in [0.15, 0.2) is 0 Å². The Morgan fingerprint density at radius 2 is 2.11 bits per heavy atom. The van der Waals surface area contributed by atoms with Crippen molar-refractivity contribution in [3.8, 4) is 0 Å². The lowest BCUT2D eigenvalue weighted by molar-refractivity contribution is -0.0318. The number of urea groups is 1. The number of nitrogens with zero attached hydrogens (tertiary/aromatic N) is 1. The van der Waals surface area contributed by atoms with Crippen LogP contribution >= 0.6 is 0 Å². The van der Waals surface area contributed by atoms with Gasteiger partial charge in [-0.2, -0.15) is 0 Å². The third-order valence-corrected chi connectivity index (χ3v) is 3.38. The van der Waals surface area contributed by atoms with Crippen LogP contribution in [0.3, 0.4) is 0 Å². The number of nitrogens with two attached hydrogens (primary N) is 1. The Morgan fingerprint density at radius 1 is 1.39 bits per heavy atom. The van der Waals surface area contributed by atoms with E-state index in [4.69, 9.17) is 5.73 Å². The number of amides is 2. The molecule has 96 valence electrons. The van der Waals surface area contributed by atoms with Gasteiger partial charge >= 0.3 is 6.03 Å². The third-order valence-electron chi connectivity index (χ3n) is 3.38. The van der Waals surface area contributed by atoms with E-state index in [2.05, 4.69) is 30.3 Å². The number of hydrogen-bond donors (Lipinski definition) is 2. The van der Waals surface area contributed by atoms with Gasteiger partial charge in [0.2, 0.25) is 0 Å². The highest BCUT2D eigenvalue weighted by atomic mass is 16.5. The highest BCUT2D eigenvalue weighted by molar-refractivity contribution is 5.70. The minimum absolute atomic E-state index is 0.219. The van der Waals surface area contributed by atoms with Gasteiger partial charge in [0, 0.05) is 0 Å². The van der Waals surface area contributed by atoms with Crippen molar-refractivity contribution in [1.82, 2.24) is 5.06 Å². The molecule has 0 saturated heterocycles. The van der Waals surface area contributed by atoms with Crippen molar-refractivity contribution in [3.05, 3.63) is 47.5 Å². The van der Waals surface area contributed by atoms with Crippen LogP contribution in [0.25, 0.3) is 0 Å². The largest absolute Gasteiger partial charge is 0.350 e. The van der Waals surface area contributed by atoms with Crippen LogP contribution in [-0.4, -0.2) is 22.8 Å². The highest BCUT2D eigenvalue weighted by Gasteiger charge is 2.18. The fourth-order valence-corrected chi connectivity index (χ4v) is 2.33. The predicted molar refractivity (Wildman–Crippen MR) is 69.2 cm³/mol. The van der Waals surface area contributed by atoms with Crippen LogP contribution in [0.15, 0.2) is 42.0 Å². The first-order chi connectivity index (χ1) is 8.66. The van der Waals surface area contributed by atoms with Crippen LogP contribution in [0.5, 0.6) is 0 Å². The molecule has 2 rings (SSSR count). The molecule has 0 saturated carbocycles. The normalized spacial score (nSPS) is 19.2. The Bertz CT molecular complexity index is 442. The minimum atomic E-state index is -0.805. The standard InChI is InChI=1S/C14H18N2O2/c15-14(17)16(18)10-11-6-8-13(9-7-11)12-4-2-1-3-5-12/h1-6,13,18H,7-10H2,(H2,15,17). The first kappa shape index (κ1) is 12.6. The molecule has 0 fully saturated rings. The minimum Gasteiger partial charge on any atom is -0.350 e. The lowest BCUT2D eigenvalue weighted by atomic mass is 9.84. The summed E-state index contributed by atoms with van der Waals surface area (Å²) in [5.74, 6) is 0.538. The van der Waals surface area contributed by atoms with Gasteiger partial charge in [0.05, 0.1) is 6.54 Å². The molecule has 0 bridgehead atoms. The molecule has 4 nitrogen and oxygen atoms in total. The number of hydroxylamine groups is 2. The molecule has 4 heteroatoms. The zero-order chi connectivity index (χ0) is 13.0. The summed E-state index contributed by atoms with van der Waals surface area (Å²) in [4.78, 5) is 10.7. The van der Waals surface area contributed by atoms with Gasteiger partial charge in [-0.3, -0.25) is 5.21 Å². The van der Waals surface area contributed by atoms with Crippen LogP contribution in [0, 0.1) is 0 Å². The fourth-order valence-electron chi connectivity index (χ4n) is 2.33. The number of carbonyl (C=O) groups is 1. The van der Waals surface area contributed by atoms with Crippen molar-refractivity contribution in [3.63, 3.8) is 0 Å². The van der Waals surface area contributed by atoms with E-state index in [-0.39, 0.29) is 6.54 Å². The molecule has 1 aromatic carbocycles. The first-order valence-corrected chi connectivity index (χ1v) is 6.15. The highest BCUT2D eigenvalue weighted by Crippen LogP contribution is 2.31. The van der Waals surface area contributed by atoms with Gasteiger partial charge < -0.3 is 5.73 Å². The van der Waals surface area contributed by atoms with Gasteiger partial charge in [-0.25, -0.2) is 9.86 Å². The maximum Gasteiger partial charge on any atom is 0.338 e. The Labute approximate surface area is 107 Å². The fraction of sp³-hybridized carbons (Fsp3) is 0.357. The maximum atomic E-state index is 10.7. The van der Waals surface area contributed by atoms with Crippen LogP contribution in [0.1, 0.15) is 30.7 Å². The lowest BCUT2D eigenvalue weighted by Crippen LogP contribution is -2.34. The Hall–Kier alpha value is -1.81. The summed E-state index contributed by atoms with van der Waals surface area (Å²) in [7, 11) is 0. The van der Waals surface area contributed by atoms with E-state index in [0.29, 0.717) is 11.0 Å². The maximum absolute atomic E-state index is 10.7. The summed E-state index contributed by atoms with van der Waals surface area (Å²) in [6.45, 7) is 0.219. The second kappa shape index (κ2) is 5.69. The van der Waals surface area contributed by atoms with Gasteiger partial charge in [-0.05, 0) is 30.7 Å². The van der Waals surface area contributed by atoms with E-state index in [1.54, 1.807) is 0 Å². The van der Waals surface area contributed by atoms with Crippen molar-refractivity contribution in [2.75, 3.05) is 6.54 Å². The lowest BCUT2D eigenvalue weighted by Gasteiger charge is -2.24. The number of primary amides is 1. The molecule has 0 spiro atoms. The number of benzene rings is 1. The molecule has 1 atom stereocenters. The van der Waals surface area contributed by atoms with Crippen molar-refractivity contribution in [2.45, 2.75) is 25.2 Å².